The van der Waals surface area contributed by atoms with Gasteiger partial charge in [0, 0.05) is 4.88 Å². The Balaban J connectivity index is 1.39. The fraction of sp³-hybridized carbons (Fsp3) is 0.273. The van der Waals surface area contributed by atoms with Crippen molar-refractivity contribution in [2.45, 2.75) is 32.4 Å². The molecule has 3 heterocycles. The number of fused-ring (bicyclic) bond motifs is 3. The van der Waals surface area contributed by atoms with Gasteiger partial charge in [0.15, 0.2) is 0 Å². The van der Waals surface area contributed by atoms with E-state index < -0.39 is 0 Å². The van der Waals surface area contributed by atoms with E-state index in [0.717, 1.165) is 35.4 Å². The van der Waals surface area contributed by atoms with Crippen molar-refractivity contribution < 1.29 is 14.3 Å². The van der Waals surface area contributed by atoms with Crippen molar-refractivity contribution >= 4 is 39.6 Å². The van der Waals surface area contributed by atoms with Crippen LogP contribution in [0.2, 0.25) is 0 Å². The number of anilines is 1. The van der Waals surface area contributed by atoms with Crippen LogP contribution in [0.15, 0.2) is 41.8 Å². The number of amides is 1. The Kier molecular flexibility index (Phi) is 4.64. The van der Waals surface area contributed by atoms with Gasteiger partial charge in [-0.15, -0.1) is 22.7 Å². The Morgan fingerprint density at radius 2 is 2.10 bits per heavy atom. The molecule has 1 aliphatic heterocycles. The van der Waals surface area contributed by atoms with Crippen LogP contribution < -0.4 is 15.4 Å². The molecule has 2 aliphatic rings. The van der Waals surface area contributed by atoms with E-state index in [-0.39, 0.29) is 18.0 Å². The van der Waals surface area contributed by atoms with E-state index in [4.69, 9.17) is 4.74 Å². The summed E-state index contributed by atoms with van der Waals surface area (Å²) < 4.78 is 5.50. The number of carbonyl (C=O) groups excluding carboxylic acids is 2. The number of carbonyl (C=O) groups is 2. The molecule has 7 heteroatoms. The molecule has 1 aromatic carbocycles. The first-order valence-corrected chi connectivity index (χ1v) is 11.4. The molecule has 0 saturated heterocycles. The Labute approximate surface area is 176 Å². The molecular formula is C22H20N2O3S2. The van der Waals surface area contributed by atoms with Gasteiger partial charge in [-0.3, -0.25) is 4.79 Å². The van der Waals surface area contributed by atoms with Crippen LogP contribution in [0, 0.1) is 5.92 Å². The molecule has 5 rings (SSSR count). The van der Waals surface area contributed by atoms with Crippen LogP contribution in [0.25, 0.3) is 0 Å². The summed E-state index contributed by atoms with van der Waals surface area (Å²) in [5.74, 6) is 0.718. The molecule has 5 nitrogen and oxygen atoms in total. The van der Waals surface area contributed by atoms with Crippen LogP contribution >= 0.6 is 22.7 Å². The SMILES string of the molecule is C[C@H]1CCc2c(sc3c2C(=O)N[C@H](c2cccc(OC(=O)c4cccs4)c2)N3)C1. The average molecular weight is 425 g/mol. The van der Waals surface area contributed by atoms with E-state index in [1.54, 1.807) is 29.5 Å². The molecule has 0 spiro atoms. The maximum atomic E-state index is 12.9. The molecule has 1 aliphatic carbocycles. The predicted octanol–water partition coefficient (Wildman–Crippen LogP) is 5.01. The van der Waals surface area contributed by atoms with Crippen molar-refractivity contribution in [1.29, 1.82) is 0 Å². The molecule has 2 atom stereocenters. The normalized spacial score (nSPS) is 20.2. The Hall–Kier alpha value is -2.64. The van der Waals surface area contributed by atoms with Crippen molar-refractivity contribution in [3.63, 3.8) is 0 Å². The van der Waals surface area contributed by atoms with Crippen molar-refractivity contribution in [2.75, 3.05) is 5.32 Å². The van der Waals surface area contributed by atoms with Crippen LogP contribution in [-0.4, -0.2) is 11.9 Å². The number of benzene rings is 1. The summed E-state index contributed by atoms with van der Waals surface area (Å²) in [7, 11) is 0. The molecule has 148 valence electrons. The van der Waals surface area contributed by atoms with Gasteiger partial charge in [-0.1, -0.05) is 25.1 Å². The molecule has 2 aromatic heterocycles. The number of rotatable bonds is 3. The van der Waals surface area contributed by atoms with Crippen LogP contribution in [-0.2, 0) is 12.8 Å². The van der Waals surface area contributed by atoms with Gasteiger partial charge in [0.1, 0.15) is 21.8 Å². The fourth-order valence-corrected chi connectivity index (χ4v) is 5.97. The van der Waals surface area contributed by atoms with Gasteiger partial charge in [-0.25, -0.2) is 4.79 Å². The second kappa shape index (κ2) is 7.31. The lowest BCUT2D eigenvalue weighted by atomic mass is 9.88. The summed E-state index contributed by atoms with van der Waals surface area (Å²) in [6.45, 7) is 2.26. The van der Waals surface area contributed by atoms with Crippen molar-refractivity contribution in [1.82, 2.24) is 5.32 Å². The first-order chi connectivity index (χ1) is 14.1. The lowest BCUT2D eigenvalue weighted by molar-refractivity contribution is 0.0739. The van der Waals surface area contributed by atoms with Gasteiger partial charge in [0.2, 0.25) is 0 Å². The lowest BCUT2D eigenvalue weighted by Crippen LogP contribution is -2.38. The maximum absolute atomic E-state index is 12.9. The second-order valence-corrected chi connectivity index (χ2v) is 9.60. The highest BCUT2D eigenvalue weighted by molar-refractivity contribution is 7.16. The quantitative estimate of drug-likeness (QED) is 0.458. The van der Waals surface area contributed by atoms with E-state index in [0.29, 0.717) is 16.5 Å². The number of nitrogens with one attached hydrogen (secondary N) is 2. The van der Waals surface area contributed by atoms with Crippen LogP contribution in [0.1, 0.15) is 55.5 Å². The third-order valence-electron chi connectivity index (χ3n) is 5.41. The molecule has 1 amide bonds. The summed E-state index contributed by atoms with van der Waals surface area (Å²) in [4.78, 5) is 27.0. The van der Waals surface area contributed by atoms with Crippen molar-refractivity contribution in [3.8, 4) is 5.75 Å². The topological polar surface area (TPSA) is 67.4 Å². The molecule has 3 aromatic rings. The van der Waals surface area contributed by atoms with Gasteiger partial charge < -0.3 is 15.4 Å². The maximum Gasteiger partial charge on any atom is 0.353 e. The number of ether oxygens (including phenoxy) is 1. The van der Waals surface area contributed by atoms with Crippen LogP contribution in [0.4, 0.5) is 5.00 Å². The van der Waals surface area contributed by atoms with Gasteiger partial charge in [-0.05, 0) is 59.9 Å². The second-order valence-electron chi connectivity index (χ2n) is 7.55. The molecule has 2 N–H and O–H groups in total. The highest BCUT2D eigenvalue weighted by Crippen LogP contribution is 2.42. The van der Waals surface area contributed by atoms with Crippen molar-refractivity contribution in [2.24, 2.45) is 5.92 Å². The molecule has 0 unspecified atom stereocenters. The lowest BCUT2D eigenvalue weighted by Gasteiger charge is -2.27. The molecule has 0 radical (unpaired) electrons. The van der Waals surface area contributed by atoms with Crippen molar-refractivity contribution in [3.05, 3.63) is 68.2 Å². The average Bonchev–Trinajstić information content (AvgIpc) is 3.35. The minimum Gasteiger partial charge on any atom is -0.422 e. The third-order valence-corrected chi connectivity index (χ3v) is 7.45. The zero-order valence-corrected chi connectivity index (χ0v) is 17.5. The number of esters is 1. The zero-order valence-electron chi connectivity index (χ0n) is 15.9. The van der Waals surface area contributed by atoms with Gasteiger partial charge >= 0.3 is 5.97 Å². The summed E-state index contributed by atoms with van der Waals surface area (Å²) in [5.41, 5.74) is 2.87. The summed E-state index contributed by atoms with van der Waals surface area (Å²) in [5, 5.41) is 9.32. The first-order valence-electron chi connectivity index (χ1n) is 9.66. The molecule has 29 heavy (non-hydrogen) atoms. The van der Waals surface area contributed by atoms with E-state index in [9.17, 15) is 9.59 Å². The molecule has 0 bridgehead atoms. The van der Waals surface area contributed by atoms with Gasteiger partial charge in [0.05, 0.1) is 5.56 Å². The van der Waals surface area contributed by atoms with Gasteiger partial charge in [-0.2, -0.15) is 0 Å². The zero-order chi connectivity index (χ0) is 20.0. The molecular weight excluding hydrogens is 404 g/mol. The smallest absolute Gasteiger partial charge is 0.353 e. The summed E-state index contributed by atoms with van der Waals surface area (Å²) >= 11 is 3.05. The molecule has 0 saturated carbocycles. The summed E-state index contributed by atoms with van der Waals surface area (Å²) in [6, 6.07) is 10.8. The standard InChI is InChI=1S/C22H20N2O3S2/c1-12-7-8-15-17(10-12)29-21-18(15)20(25)23-19(24-21)13-4-2-5-14(11-13)27-22(26)16-6-3-9-28-16/h2-6,9,11-12,19,24H,7-8,10H2,1H3,(H,23,25)/t12-,19-/m0/s1. The van der Waals surface area contributed by atoms with Crippen LogP contribution in [0.3, 0.4) is 0 Å². The molecule has 0 fully saturated rings. The fourth-order valence-electron chi connectivity index (χ4n) is 3.94. The number of hydrogen-bond acceptors (Lipinski definition) is 6. The van der Waals surface area contributed by atoms with E-state index in [2.05, 4.69) is 17.6 Å². The Bertz CT molecular complexity index is 1090. The van der Waals surface area contributed by atoms with E-state index >= 15 is 0 Å². The predicted molar refractivity (Wildman–Crippen MR) is 115 cm³/mol. The first kappa shape index (κ1) is 18.4. The highest BCUT2D eigenvalue weighted by Gasteiger charge is 2.33. The minimum atomic E-state index is -0.375. The third kappa shape index (κ3) is 3.45. The Morgan fingerprint density at radius 3 is 2.93 bits per heavy atom. The number of thiophene rings is 2. The monoisotopic (exact) mass is 424 g/mol. The van der Waals surface area contributed by atoms with E-state index in [1.807, 2.05) is 23.6 Å². The Morgan fingerprint density at radius 1 is 1.21 bits per heavy atom. The largest absolute Gasteiger partial charge is 0.422 e. The highest BCUT2D eigenvalue weighted by atomic mass is 32.1. The van der Waals surface area contributed by atoms with E-state index in [1.165, 1.54) is 21.8 Å². The number of hydrogen-bond donors (Lipinski definition) is 2. The van der Waals surface area contributed by atoms with Crippen LogP contribution in [0.5, 0.6) is 5.75 Å². The minimum absolute atomic E-state index is 0.0308. The van der Waals surface area contributed by atoms with Gasteiger partial charge in [0.25, 0.3) is 5.91 Å². The summed E-state index contributed by atoms with van der Waals surface area (Å²) in [6.07, 6.45) is 2.79.